The number of hydrogen-bond donors (Lipinski definition) is 2. The van der Waals surface area contributed by atoms with Crippen LogP contribution in [0.1, 0.15) is 10.4 Å². The molecule has 2 amide bonds. The maximum absolute atomic E-state index is 12.5. The van der Waals surface area contributed by atoms with Crippen LogP contribution in [0.4, 0.5) is 11.4 Å². The average molecular weight is 391 g/mol. The molecule has 8 heteroatoms. The highest BCUT2D eigenvalue weighted by Gasteiger charge is 2.22. The lowest BCUT2D eigenvalue weighted by Gasteiger charge is -2.10. The lowest BCUT2D eigenvalue weighted by Crippen LogP contribution is -2.20. The summed E-state index contributed by atoms with van der Waals surface area (Å²) in [5.74, 6) is 1.19. The summed E-state index contributed by atoms with van der Waals surface area (Å²) in [7, 11) is 1.57. The van der Waals surface area contributed by atoms with E-state index in [0.717, 1.165) is 0 Å². The molecule has 1 aliphatic rings. The van der Waals surface area contributed by atoms with E-state index in [9.17, 15) is 9.59 Å². The fourth-order valence-corrected chi connectivity index (χ4v) is 2.75. The van der Waals surface area contributed by atoms with E-state index in [4.69, 9.17) is 14.2 Å². The Morgan fingerprint density at radius 3 is 2.72 bits per heavy atom. The van der Waals surface area contributed by atoms with Crippen LogP contribution in [0.2, 0.25) is 0 Å². The fraction of sp³-hybridized carbons (Fsp3) is 0.0952. The number of anilines is 2. The number of carbonyl (C=O) groups is 2. The molecule has 2 N–H and O–H groups in total. The van der Waals surface area contributed by atoms with Crippen molar-refractivity contribution in [3.63, 3.8) is 0 Å². The van der Waals surface area contributed by atoms with Crippen LogP contribution in [0.15, 0.2) is 60.8 Å². The normalized spacial score (nSPS) is 11.8. The van der Waals surface area contributed by atoms with Gasteiger partial charge in [-0.05, 0) is 54.6 Å². The zero-order chi connectivity index (χ0) is 20.2. The first-order chi connectivity index (χ1) is 14.1. The van der Waals surface area contributed by atoms with E-state index < -0.39 is 0 Å². The third kappa shape index (κ3) is 4.11. The molecule has 29 heavy (non-hydrogen) atoms. The summed E-state index contributed by atoms with van der Waals surface area (Å²) >= 11 is 0. The second kappa shape index (κ2) is 7.89. The van der Waals surface area contributed by atoms with E-state index in [0.29, 0.717) is 34.5 Å². The molecule has 0 spiro atoms. The topological polar surface area (TPSA) is 98.8 Å². The molecule has 0 radical (unpaired) electrons. The highest BCUT2D eigenvalue weighted by molar-refractivity contribution is 6.08. The molecule has 0 saturated heterocycles. The maximum atomic E-state index is 12.5. The number of aromatic nitrogens is 1. The van der Waals surface area contributed by atoms with Crippen LogP contribution >= 0.6 is 0 Å². The molecule has 8 nitrogen and oxygen atoms in total. The highest BCUT2D eigenvalue weighted by Crippen LogP contribution is 2.34. The van der Waals surface area contributed by atoms with E-state index >= 15 is 0 Å². The number of nitrogens with zero attached hydrogens (tertiary/aromatic N) is 1. The van der Waals surface area contributed by atoms with Gasteiger partial charge in [-0.1, -0.05) is 0 Å². The molecule has 4 rings (SSSR count). The van der Waals surface area contributed by atoms with Crippen LogP contribution < -0.4 is 24.8 Å². The quantitative estimate of drug-likeness (QED) is 0.691. The predicted molar refractivity (Wildman–Crippen MR) is 106 cm³/mol. The summed E-state index contributed by atoms with van der Waals surface area (Å²) in [5, 5.41) is 5.45. The molecule has 0 unspecified atom stereocenters. The number of amides is 2. The van der Waals surface area contributed by atoms with Crippen LogP contribution in [0.3, 0.4) is 0 Å². The Morgan fingerprint density at radius 2 is 1.93 bits per heavy atom. The van der Waals surface area contributed by atoms with Gasteiger partial charge in [0.2, 0.25) is 5.88 Å². The summed E-state index contributed by atoms with van der Waals surface area (Å²) in [4.78, 5) is 28.8. The predicted octanol–water partition coefficient (Wildman–Crippen LogP) is 3.47. The van der Waals surface area contributed by atoms with Crippen molar-refractivity contribution in [2.24, 2.45) is 0 Å². The molecule has 0 atom stereocenters. The first-order valence-corrected chi connectivity index (χ1v) is 8.77. The largest absolute Gasteiger partial charge is 0.497 e. The van der Waals surface area contributed by atoms with E-state index in [-0.39, 0.29) is 24.0 Å². The maximum Gasteiger partial charge on any atom is 0.262 e. The van der Waals surface area contributed by atoms with E-state index in [1.165, 1.54) is 0 Å². The van der Waals surface area contributed by atoms with Crippen molar-refractivity contribution in [1.82, 2.24) is 4.98 Å². The molecule has 0 fully saturated rings. The second-order valence-electron chi connectivity index (χ2n) is 6.14. The second-order valence-corrected chi connectivity index (χ2v) is 6.14. The summed E-state index contributed by atoms with van der Waals surface area (Å²) in [5.41, 5.74) is 1.22. The van der Waals surface area contributed by atoms with E-state index in [1.54, 1.807) is 67.9 Å². The number of ether oxygens (including phenoxy) is 3. The minimum atomic E-state index is -0.360. The zero-order valence-electron chi connectivity index (χ0n) is 15.5. The van der Waals surface area contributed by atoms with E-state index in [2.05, 4.69) is 15.6 Å². The average Bonchev–Trinajstić information content (AvgIpc) is 2.88. The molecule has 1 aliphatic heterocycles. The van der Waals surface area contributed by atoms with Gasteiger partial charge in [0.15, 0.2) is 6.61 Å². The molecule has 2 heterocycles. The number of pyridine rings is 1. The van der Waals surface area contributed by atoms with Crippen molar-refractivity contribution < 1.29 is 23.8 Å². The molecule has 2 aromatic carbocycles. The van der Waals surface area contributed by atoms with Gasteiger partial charge in [-0.3, -0.25) is 9.59 Å². The summed E-state index contributed by atoms with van der Waals surface area (Å²) < 4.78 is 16.2. The molecule has 146 valence electrons. The Balaban J connectivity index is 1.43. The van der Waals surface area contributed by atoms with Gasteiger partial charge in [-0.15, -0.1) is 0 Å². The van der Waals surface area contributed by atoms with Gasteiger partial charge < -0.3 is 24.8 Å². The number of rotatable bonds is 5. The highest BCUT2D eigenvalue weighted by atomic mass is 16.5. The van der Waals surface area contributed by atoms with E-state index in [1.807, 2.05) is 0 Å². The lowest BCUT2D eigenvalue weighted by atomic mass is 10.1. The van der Waals surface area contributed by atoms with Crippen molar-refractivity contribution in [2.75, 3.05) is 24.4 Å². The lowest BCUT2D eigenvalue weighted by molar-refractivity contribution is -0.118. The van der Waals surface area contributed by atoms with Crippen LogP contribution in [0.5, 0.6) is 23.1 Å². The van der Waals surface area contributed by atoms with Crippen molar-refractivity contribution in [1.29, 1.82) is 0 Å². The van der Waals surface area contributed by atoms with Crippen molar-refractivity contribution in [3.05, 3.63) is 66.4 Å². The van der Waals surface area contributed by atoms with Gasteiger partial charge in [0.1, 0.15) is 22.9 Å². The van der Waals surface area contributed by atoms with Gasteiger partial charge in [-0.25, -0.2) is 4.98 Å². The van der Waals surface area contributed by atoms with Crippen LogP contribution in [0.25, 0.3) is 0 Å². The Morgan fingerprint density at radius 1 is 1.14 bits per heavy atom. The monoisotopic (exact) mass is 391 g/mol. The third-order valence-electron chi connectivity index (χ3n) is 4.16. The van der Waals surface area contributed by atoms with Gasteiger partial charge >= 0.3 is 0 Å². The Hall–Kier alpha value is -4.07. The number of hydrogen-bond acceptors (Lipinski definition) is 6. The third-order valence-corrected chi connectivity index (χ3v) is 4.16. The van der Waals surface area contributed by atoms with Crippen LogP contribution in [-0.2, 0) is 4.79 Å². The Bertz CT molecular complexity index is 1070. The first kappa shape index (κ1) is 18.3. The van der Waals surface area contributed by atoms with Crippen molar-refractivity contribution in [2.45, 2.75) is 0 Å². The molecular formula is C21H17N3O5. The minimum Gasteiger partial charge on any atom is -0.497 e. The van der Waals surface area contributed by atoms with Gasteiger partial charge in [0.25, 0.3) is 11.8 Å². The smallest absolute Gasteiger partial charge is 0.262 e. The first-order valence-electron chi connectivity index (χ1n) is 8.77. The Kier molecular flexibility index (Phi) is 4.98. The molecule has 0 saturated carbocycles. The molecule has 3 aromatic rings. The minimum absolute atomic E-state index is 0.179. The summed E-state index contributed by atoms with van der Waals surface area (Å²) in [6.45, 7) is -0.179. The standard InChI is InChI=1S/C21H17N3O5/c1-27-14-5-7-15(8-6-14)28-12-19(25)23-13-4-9-18-16(11-13)20(26)24-17-3-2-10-22-21(17)29-18/h2-11H,12H2,1H3,(H,23,25)(H,24,26). The van der Waals surface area contributed by atoms with Crippen LogP contribution in [0, 0.1) is 0 Å². The van der Waals surface area contributed by atoms with Crippen LogP contribution in [-0.4, -0.2) is 30.5 Å². The number of methoxy groups -OCH3 is 1. The fourth-order valence-electron chi connectivity index (χ4n) is 2.75. The SMILES string of the molecule is COc1ccc(OCC(=O)Nc2ccc3c(c2)C(=O)Nc2cccnc2O3)cc1. The molecular weight excluding hydrogens is 374 g/mol. The summed E-state index contributed by atoms with van der Waals surface area (Å²) in [6, 6.07) is 15.1. The van der Waals surface area contributed by atoms with Gasteiger partial charge in [-0.2, -0.15) is 0 Å². The molecule has 1 aromatic heterocycles. The van der Waals surface area contributed by atoms with Gasteiger partial charge in [0, 0.05) is 11.9 Å². The number of nitrogens with one attached hydrogen (secondary N) is 2. The number of carbonyl (C=O) groups excluding carboxylic acids is 2. The number of fused-ring (bicyclic) bond motifs is 2. The molecule has 0 aliphatic carbocycles. The van der Waals surface area contributed by atoms with Crippen molar-refractivity contribution in [3.8, 4) is 23.1 Å². The summed E-state index contributed by atoms with van der Waals surface area (Å²) in [6.07, 6.45) is 1.58. The Labute approximate surface area is 166 Å². The van der Waals surface area contributed by atoms with Gasteiger partial charge in [0.05, 0.1) is 12.7 Å². The zero-order valence-corrected chi connectivity index (χ0v) is 15.5. The number of benzene rings is 2. The molecule has 0 bridgehead atoms. The van der Waals surface area contributed by atoms with Crippen molar-refractivity contribution >= 4 is 23.2 Å².